The molecule has 1 heterocycles. The number of amides is 3. The summed E-state index contributed by atoms with van der Waals surface area (Å²) < 4.78 is 23.8. The lowest BCUT2D eigenvalue weighted by Crippen LogP contribution is -2.65. The van der Waals surface area contributed by atoms with Gasteiger partial charge in [0.05, 0.1) is 24.2 Å². The number of ether oxygens (including phenoxy) is 2. The lowest BCUT2D eigenvalue weighted by molar-refractivity contribution is -0.199. The summed E-state index contributed by atoms with van der Waals surface area (Å²) in [4.78, 5) is 38.8. The Balaban J connectivity index is 1.43. The summed E-state index contributed by atoms with van der Waals surface area (Å²) in [5.41, 5.74) is -0.152. The molecular weight excluding hydrogens is 537 g/mol. The third kappa shape index (κ3) is 7.40. The highest BCUT2D eigenvalue weighted by Gasteiger charge is 2.68. The third-order valence-electron chi connectivity index (χ3n) is 9.02. The molecule has 4 aliphatic rings. The van der Waals surface area contributed by atoms with Gasteiger partial charge in [-0.05, 0) is 75.7 Å². The molecule has 1 aromatic carbocycles. The van der Waals surface area contributed by atoms with Gasteiger partial charge in [-0.2, -0.15) is 0 Å². The first-order chi connectivity index (χ1) is 19.6. The van der Waals surface area contributed by atoms with Crippen molar-refractivity contribution >= 4 is 25.2 Å². The topological polar surface area (TPSA) is 124 Å². The van der Waals surface area contributed by atoms with Gasteiger partial charge >= 0.3 is 19.3 Å². The second kappa shape index (κ2) is 12.4. The molecule has 3 amide bonds. The smallest absolute Gasteiger partial charge is 0.445 e. The molecule has 232 valence electrons. The Bertz CT molecular complexity index is 1130. The molecule has 1 aromatic rings. The first-order valence-corrected chi connectivity index (χ1v) is 15.2. The predicted octanol–water partition coefficient (Wildman–Crippen LogP) is 4.60. The van der Waals surface area contributed by atoms with Gasteiger partial charge < -0.3 is 34.7 Å². The second-order valence-corrected chi connectivity index (χ2v) is 14.2. The molecular formula is C31H48BN3O7. The molecule has 11 heteroatoms. The molecule has 0 aromatic heterocycles. The van der Waals surface area contributed by atoms with Crippen LogP contribution in [0.15, 0.2) is 30.3 Å². The van der Waals surface area contributed by atoms with E-state index in [4.69, 9.17) is 18.8 Å². The van der Waals surface area contributed by atoms with Crippen LogP contribution >= 0.6 is 0 Å². The highest BCUT2D eigenvalue weighted by atomic mass is 16.7. The van der Waals surface area contributed by atoms with E-state index in [-0.39, 0.29) is 30.6 Å². The van der Waals surface area contributed by atoms with E-state index in [1.165, 1.54) is 0 Å². The quantitative estimate of drug-likeness (QED) is 0.343. The molecule has 4 fully saturated rings. The minimum Gasteiger partial charge on any atom is -0.445 e. The molecule has 6 atom stereocenters. The zero-order chi connectivity index (χ0) is 30.9. The predicted molar refractivity (Wildman–Crippen MR) is 159 cm³/mol. The standard InChI is InChI=1S/C31H48BN3O7/c1-19(2)14-25(32-41-24-16-21-15-23(30(21,6)7)31(24,8)42-32)35-26(36)22(34-28(38)40-29(3,4)5)17-33-27(37)39-18-20-12-10-9-11-13-20/h9-13,19,21-25H,14-18H2,1-8H3,(H,33,37)(H,34,38)(H,35,36)/t21-,22-,23-,24+,25-,31-/m0/s1. The van der Waals surface area contributed by atoms with Crippen LogP contribution in [0.1, 0.15) is 80.2 Å². The monoisotopic (exact) mass is 585 g/mol. The van der Waals surface area contributed by atoms with E-state index in [1.54, 1.807) is 20.8 Å². The molecule has 1 saturated heterocycles. The number of carbonyl (C=O) groups is 3. The Morgan fingerprint density at radius 3 is 2.36 bits per heavy atom. The van der Waals surface area contributed by atoms with Gasteiger partial charge in [-0.25, -0.2) is 9.59 Å². The van der Waals surface area contributed by atoms with E-state index in [0.29, 0.717) is 18.3 Å². The average Bonchev–Trinajstić information content (AvgIpc) is 3.25. The summed E-state index contributed by atoms with van der Waals surface area (Å²) in [6.07, 6.45) is 1.19. The number of benzene rings is 1. The van der Waals surface area contributed by atoms with E-state index < -0.39 is 48.4 Å². The molecule has 3 saturated carbocycles. The van der Waals surface area contributed by atoms with E-state index in [0.717, 1.165) is 18.4 Å². The average molecular weight is 586 g/mol. The van der Waals surface area contributed by atoms with Crippen molar-refractivity contribution in [2.24, 2.45) is 23.2 Å². The van der Waals surface area contributed by atoms with Crippen LogP contribution in [0.4, 0.5) is 9.59 Å². The molecule has 10 nitrogen and oxygen atoms in total. The number of nitrogens with one attached hydrogen (secondary N) is 3. The molecule has 3 N–H and O–H groups in total. The van der Waals surface area contributed by atoms with E-state index in [2.05, 4.69) is 50.6 Å². The molecule has 1 aliphatic heterocycles. The van der Waals surface area contributed by atoms with Crippen LogP contribution in [-0.4, -0.2) is 61.0 Å². The number of carbonyl (C=O) groups excluding carboxylic acids is 3. The van der Waals surface area contributed by atoms with Gasteiger partial charge in [-0.3, -0.25) is 4.79 Å². The Morgan fingerprint density at radius 2 is 1.74 bits per heavy atom. The van der Waals surface area contributed by atoms with Gasteiger partial charge in [0.15, 0.2) is 0 Å². The second-order valence-electron chi connectivity index (χ2n) is 14.2. The zero-order valence-corrected chi connectivity index (χ0v) is 26.3. The van der Waals surface area contributed by atoms with Crippen molar-refractivity contribution < 1.29 is 33.2 Å². The fourth-order valence-corrected chi connectivity index (χ4v) is 6.72. The highest BCUT2D eigenvalue weighted by molar-refractivity contribution is 6.48. The minimum atomic E-state index is -1.12. The Hall–Kier alpha value is -2.79. The molecule has 0 spiro atoms. The van der Waals surface area contributed by atoms with Crippen LogP contribution < -0.4 is 16.0 Å². The Labute approximate surface area is 250 Å². The molecule has 0 unspecified atom stereocenters. The Kier molecular flexibility index (Phi) is 9.52. The number of hydrogen-bond donors (Lipinski definition) is 3. The first-order valence-electron chi connectivity index (χ1n) is 15.2. The SMILES string of the molecule is CC(C)C[C@H](NC(=O)[C@H](CNC(=O)OCc1ccccc1)NC(=O)OC(C)(C)C)B1O[C@@H]2C[C@@H]3C[C@@H](C3(C)C)[C@]2(C)O1. The van der Waals surface area contributed by atoms with Gasteiger partial charge in [0.1, 0.15) is 18.2 Å². The van der Waals surface area contributed by atoms with Crippen LogP contribution in [0.25, 0.3) is 0 Å². The molecule has 42 heavy (non-hydrogen) atoms. The van der Waals surface area contributed by atoms with Crippen LogP contribution in [-0.2, 0) is 30.2 Å². The molecule has 0 radical (unpaired) electrons. The van der Waals surface area contributed by atoms with Crippen molar-refractivity contribution in [2.75, 3.05) is 6.54 Å². The molecule has 5 rings (SSSR count). The zero-order valence-electron chi connectivity index (χ0n) is 26.3. The summed E-state index contributed by atoms with van der Waals surface area (Å²) in [7, 11) is -0.618. The largest absolute Gasteiger partial charge is 0.481 e. The van der Waals surface area contributed by atoms with Crippen molar-refractivity contribution in [3.05, 3.63) is 35.9 Å². The van der Waals surface area contributed by atoms with Crippen molar-refractivity contribution in [1.29, 1.82) is 0 Å². The maximum Gasteiger partial charge on any atom is 0.481 e. The van der Waals surface area contributed by atoms with Gasteiger partial charge in [0.2, 0.25) is 5.91 Å². The number of hydrogen-bond acceptors (Lipinski definition) is 7. The van der Waals surface area contributed by atoms with Crippen LogP contribution in [0, 0.1) is 23.2 Å². The van der Waals surface area contributed by atoms with Gasteiger partial charge in [-0.1, -0.05) is 58.0 Å². The summed E-state index contributed by atoms with van der Waals surface area (Å²) in [6.45, 7) is 16.0. The van der Waals surface area contributed by atoms with E-state index in [1.807, 2.05) is 30.3 Å². The summed E-state index contributed by atoms with van der Waals surface area (Å²) in [5, 5.41) is 8.27. The molecule has 2 bridgehead atoms. The lowest BCUT2D eigenvalue weighted by Gasteiger charge is -2.64. The normalized spacial score (nSPS) is 27.3. The van der Waals surface area contributed by atoms with Crippen molar-refractivity contribution in [2.45, 2.75) is 111 Å². The summed E-state index contributed by atoms with van der Waals surface area (Å²) in [5.74, 6) is 0.310. The van der Waals surface area contributed by atoms with Crippen molar-refractivity contribution in [3.63, 3.8) is 0 Å². The van der Waals surface area contributed by atoms with Gasteiger partial charge in [-0.15, -0.1) is 0 Å². The van der Waals surface area contributed by atoms with Crippen LogP contribution in [0.5, 0.6) is 0 Å². The maximum absolute atomic E-state index is 13.7. The highest BCUT2D eigenvalue weighted by Crippen LogP contribution is 2.65. The lowest BCUT2D eigenvalue weighted by atomic mass is 9.43. The first kappa shape index (κ1) is 32.1. The minimum absolute atomic E-state index is 0.0254. The van der Waals surface area contributed by atoms with Gasteiger partial charge in [0, 0.05) is 0 Å². The molecule has 3 aliphatic carbocycles. The fraction of sp³-hybridized carbons (Fsp3) is 0.710. The third-order valence-corrected chi connectivity index (χ3v) is 9.02. The fourth-order valence-electron chi connectivity index (χ4n) is 6.72. The summed E-state index contributed by atoms with van der Waals surface area (Å²) >= 11 is 0. The van der Waals surface area contributed by atoms with Crippen molar-refractivity contribution in [1.82, 2.24) is 16.0 Å². The van der Waals surface area contributed by atoms with Crippen LogP contribution in [0.2, 0.25) is 0 Å². The van der Waals surface area contributed by atoms with Crippen molar-refractivity contribution in [3.8, 4) is 0 Å². The maximum atomic E-state index is 13.7. The number of rotatable bonds is 10. The number of alkyl carbamates (subject to hydrolysis) is 2. The summed E-state index contributed by atoms with van der Waals surface area (Å²) in [6, 6.07) is 8.15. The van der Waals surface area contributed by atoms with E-state index >= 15 is 0 Å². The van der Waals surface area contributed by atoms with E-state index in [9.17, 15) is 14.4 Å². The van der Waals surface area contributed by atoms with Gasteiger partial charge in [0.25, 0.3) is 0 Å². The Morgan fingerprint density at radius 1 is 1.05 bits per heavy atom. The van der Waals surface area contributed by atoms with Crippen LogP contribution in [0.3, 0.4) is 0 Å².